The molecule has 0 saturated carbocycles. The van der Waals surface area contributed by atoms with Crippen LogP contribution >= 0.6 is 11.3 Å². The van der Waals surface area contributed by atoms with Gasteiger partial charge in [0.1, 0.15) is 17.8 Å². The number of aromatic nitrogens is 3. The highest BCUT2D eigenvalue weighted by molar-refractivity contribution is 7.22. The smallest absolute Gasteiger partial charge is 0.189 e. The van der Waals surface area contributed by atoms with E-state index in [1.54, 1.807) is 7.11 Å². The maximum atomic E-state index is 6.37. The lowest BCUT2D eigenvalue weighted by Gasteiger charge is -2.13. The van der Waals surface area contributed by atoms with Crippen molar-refractivity contribution in [3.63, 3.8) is 0 Å². The molecule has 30 heavy (non-hydrogen) atoms. The summed E-state index contributed by atoms with van der Waals surface area (Å²) in [6, 6.07) is 20.0. The van der Waals surface area contributed by atoms with Gasteiger partial charge in [0.2, 0.25) is 0 Å². The molecule has 0 aliphatic carbocycles. The molecule has 0 amide bonds. The number of fused-ring (bicyclic) bond motifs is 2. The number of ether oxygens (including phenoxy) is 1. The van der Waals surface area contributed by atoms with Crippen LogP contribution in [0.25, 0.3) is 21.0 Å². The standard InChI is InChI=1S/C22H18N6OS/c1-29-14-9-10-17-18(11-14)30-22(27-17)28-21-19(23)20(24-12-25-21)26-16-8-4-6-13-5-2-3-7-15(13)16/h2-12H,23H2,1H3,(H2,24,25,26,27,28). The van der Waals surface area contributed by atoms with Crippen molar-refractivity contribution in [1.29, 1.82) is 0 Å². The van der Waals surface area contributed by atoms with E-state index in [0.29, 0.717) is 22.5 Å². The van der Waals surface area contributed by atoms with Gasteiger partial charge in [0, 0.05) is 11.1 Å². The number of benzene rings is 3. The average Bonchev–Trinajstić information content (AvgIpc) is 3.18. The van der Waals surface area contributed by atoms with Gasteiger partial charge in [0.25, 0.3) is 0 Å². The van der Waals surface area contributed by atoms with E-state index in [1.807, 2.05) is 42.5 Å². The Morgan fingerprint density at radius 3 is 2.60 bits per heavy atom. The summed E-state index contributed by atoms with van der Waals surface area (Å²) in [5.41, 5.74) is 8.60. The van der Waals surface area contributed by atoms with Crippen LogP contribution in [-0.2, 0) is 0 Å². The van der Waals surface area contributed by atoms with Gasteiger partial charge in [0.15, 0.2) is 16.8 Å². The lowest BCUT2D eigenvalue weighted by Crippen LogP contribution is -2.05. The van der Waals surface area contributed by atoms with Gasteiger partial charge in [-0.1, -0.05) is 47.7 Å². The molecule has 0 saturated heterocycles. The van der Waals surface area contributed by atoms with Gasteiger partial charge in [-0.15, -0.1) is 0 Å². The van der Waals surface area contributed by atoms with Crippen LogP contribution in [0.15, 0.2) is 67.0 Å². The van der Waals surface area contributed by atoms with Gasteiger partial charge in [-0.2, -0.15) is 0 Å². The molecular weight excluding hydrogens is 396 g/mol. The van der Waals surface area contributed by atoms with Crippen LogP contribution in [0.1, 0.15) is 0 Å². The van der Waals surface area contributed by atoms with Crippen molar-refractivity contribution in [2.45, 2.75) is 0 Å². The molecule has 0 spiro atoms. The summed E-state index contributed by atoms with van der Waals surface area (Å²) in [6.45, 7) is 0. The second kappa shape index (κ2) is 7.49. The third kappa shape index (κ3) is 3.33. The number of nitrogens with one attached hydrogen (secondary N) is 2. The summed E-state index contributed by atoms with van der Waals surface area (Å²) in [5, 5.41) is 9.47. The number of hydrogen-bond donors (Lipinski definition) is 3. The maximum absolute atomic E-state index is 6.37. The normalized spacial score (nSPS) is 11.0. The van der Waals surface area contributed by atoms with Crippen LogP contribution in [-0.4, -0.2) is 22.1 Å². The van der Waals surface area contributed by atoms with Crippen molar-refractivity contribution < 1.29 is 4.74 Å². The largest absolute Gasteiger partial charge is 0.497 e. The zero-order valence-corrected chi connectivity index (χ0v) is 16.9. The Bertz CT molecular complexity index is 1360. The molecule has 5 rings (SSSR count). The molecule has 0 radical (unpaired) electrons. The second-order valence-corrected chi connectivity index (χ2v) is 7.64. The third-order valence-electron chi connectivity index (χ3n) is 4.75. The highest BCUT2D eigenvalue weighted by atomic mass is 32.1. The molecule has 0 unspecified atom stereocenters. The minimum atomic E-state index is 0.419. The molecular formula is C22H18N6OS. The van der Waals surface area contributed by atoms with Crippen molar-refractivity contribution in [3.8, 4) is 5.75 Å². The van der Waals surface area contributed by atoms with Gasteiger partial charge in [0.05, 0.1) is 17.3 Å². The Morgan fingerprint density at radius 1 is 0.933 bits per heavy atom. The third-order valence-corrected chi connectivity index (χ3v) is 5.68. The summed E-state index contributed by atoms with van der Waals surface area (Å²) in [5.74, 6) is 1.83. The van der Waals surface area contributed by atoms with Crippen LogP contribution in [0.4, 0.5) is 28.1 Å². The van der Waals surface area contributed by atoms with Crippen LogP contribution in [0.3, 0.4) is 0 Å². The van der Waals surface area contributed by atoms with Crippen molar-refractivity contribution in [1.82, 2.24) is 15.0 Å². The number of anilines is 5. The highest BCUT2D eigenvalue weighted by Crippen LogP contribution is 2.34. The van der Waals surface area contributed by atoms with Crippen LogP contribution in [0.2, 0.25) is 0 Å². The first kappa shape index (κ1) is 18.1. The topological polar surface area (TPSA) is 98.0 Å². The lowest BCUT2D eigenvalue weighted by atomic mass is 10.1. The number of nitrogens with two attached hydrogens (primary N) is 1. The van der Waals surface area contributed by atoms with E-state index in [2.05, 4.69) is 43.8 Å². The van der Waals surface area contributed by atoms with Crippen molar-refractivity contribution >= 4 is 60.5 Å². The lowest BCUT2D eigenvalue weighted by molar-refractivity contribution is 0.415. The molecule has 8 heteroatoms. The van der Waals surface area contributed by atoms with Crippen LogP contribution < -0.4 is 21.1 Å². The minimum Gasteiger partial charge on any atom is -0.497 e. The molecule has 3 aromatic carbocycles. The van der Waals surface area contributed by atoms with E-state index >= 15 is 0 Å². The fourth-order valence-electron chi connectivity index (χ4n) is 3.24. The monoisotopic (exact) mass is 414 g/mol. The first-order valence-corrected chi connectivity index (χ1v) is 10.1. The SMILES string of the molecule is COc1ccc2nc(Nc3ncnc(Nc4cccc5ccccc45)c3N)sc2c1. The van der Waals surface area contributed by atoms with Crippen LogP contribution in [0, 0.1) is 0 Å². The first-order chi connectivity index (χ1) is 14.7. The molecule has 0 atom stereocenters. The first-order valence-electron chi connectivity index (χ1n) is 9.28. The van der Waals surface area contributed by atoms with Gasteiger partial charge in [-0.25, -0.2) is 15.0 Å². The van der Waals surface area contributed by atoms with E-state index in [9.17, 15) is 0 Å². The molecule has 7 nitrogen and oxygen atoms in total. The average molecular weight is 414 g/mol. The Hall–Kier alpha value is -3.91. The number of thiazole rings is 1. The Kier molecular flexibility index (Phi) is 4.53. The van der Waals surface area contributed by atoms with E-state index in [1.165, 1.54) is 17.7 Å². The van der Waals surface area contributed by atoms with Gasteiger partial charge >= 0.3 is 0 Å². The fourth-order valence-corrected chi connectivity index (χ4v) is 4.14. The number of nitrogen functional groups attached to an aromatic ring is 1. The van der Waals surface area contributed by atoms with Crippen molar-refractivity contribution in [2.75, 3.05) is 23.5 Å². The molecule has 2 aromatic heterocycles. The Morgan fingerprint density at radius 2 is 1.73 bits per heavy atom. The maximum Gasteiger partial charge on any atom is 0.189 e. The van der Waals surface area contributed by atoms with Gasteiger partial charge in [-0.05, 0) is 29.7 Å². The molecule has 5 aromatic rings. The van der Waals surface area contributed by atoms with Crippen LogP contribution in [0.5, 0.6) is 5.75 Å². The zero-order chi connectivity index (χ0) is 20.5. The molecule has 148 valence electrons. The van der Waals surface area contributed by atoms with E-state index in [4.69, 9.17) is 10.5 Å². The summed E-state index contributed by atoms with van der Waals surface area (Å²) in [7, 11) is 1.65. The van der Waals surface area contributed by atoms with E-state index < -0.39 is 0 Å². The molecule has 0 aliphatic rings. The second-order valence-electron chi connectivity index (χ2n) is 6.61. The minimum absolute atomic E-state index is 0.419. The molecule has 0 fully saturated rings. The summed E-state index contributed by atoms with van der Waals surface area (Å²) in [4.78, 5) is 13.2. The summed E-state index contributed by atoms with van der Waals surface area (Å²) in [6.07, 6.45) is 1.47. The molecule has 2 heterocycles. The van der Waals surface area contributed by atoms with Crippen molar-refractivity contribution in [2.24, 2.45) is 0 Å². The predicted octanol–water partition coefficient (Wildman–Crippen LogP) is 5.32. The molecule has 0 aliphatic heterocycles. The molecule has 0 bridgehead atoms. The summed E-state index contributed by atoms with van der Waals surface area (Å²) < 4.78 is 6.29. The Labute approximate surface area is 176 Å². The highest BCUT2D eigenvalue weighted by Gasteiger charge is 2.12. The molecule has 4 N–H and O–H groups in total. The van der Waals surface area contributed by atoms with Crippen molar-refractivity contribution in [3.05, 3.63) is 67.0 Å². The predicted molar refractivity (Wildman–Crippen MR) is 123 cm³/mol. The van der Waals surface area contributed by atoms with E-state index in [-0.39, 0.29) is 0 Å². The van der Waals surface area contributed by atoms with Gasteiger partial charge in [-0.3, -0.25) is 0 Å². The number of rotatable bonds is 5. The quantitative estimate of drug-likeness (QED) is 0.358. The van der Waals surface area contributed by atoms with E-state index in [0.717, 1.165) is 32.4 Å². The van der Waals surface area contributed by atoms with Gasteiger partial charge < -0.3 is 21.1 Å². The number of nitrogens with zero attached hydrogens (tertiary/aromatic N) is 3. The number of hydrogen-bond acceptors (Lipinski definition) is 8. The summed E-state index contributed by atoms with van der Waals surface area (Å²) >= 11 is 1.50. The number of methoxy groups -OCH3 is 1. The zero-order valence-electron chi connectivity index (χ0n) is 16.1. The fraction of sp³-hybridized carbons (Fsp3) is 0.0455. The Balaban J connectivity index is 1.46.